The van der Waals surface area contributed by atoms with Crippen LogP contribution in [0.1, 0.15) is 37.1 Å². The number of hydrogen-bond donors (Lipinski definition) is 1. The topological polar surface area (TPSA) is 80.2 Å². The van der Waals surface area contributed by atoms with Gasteiger partial charge >= 0.3 is 6.01 Å². The number of ether oxygens (including phenoxy) is 1. The van der Waals surface area contributed by atoms with Crippen LogP contribution in [0.2, 0.25) is 5.02 Å². The van der Waals surface area contributed by atoms with Crippen LogP contribution in [0.25, 0.3) is 0 Å². The first-order chi connectivity index (χ1) is 12.9. The number of benzene rings is 1. The third-order valence-corrected chi connectivity index (χ3v) is 5.18. The van der Waals surface area contributed by atoms with Gasteiger partial charge < -0.3 is 15.0 Å². The van der Waals surface area contributed by atoms with Crippen molar-refractivity contribution < 1.29 is 9.53 Å². The van der Waals surface area contributed by atoms with Gasteiger partial charge in [-0.05, 0) is 30.5 Å². The smallest absolute Gasteiger partial charge is 0.321 e. The number of methoxy groups -OCH3 is 1. The highest BCUT2D eigenvalue weighted by atomic mass is 35.5. The van der Waals surface area contributed by atoms with E-state index in [1.165, 1.54) is 7.11 Å². The summed E-state index contributed by atoms with van der Waals surface area (Å²) in [6, 6.07) is 7.80. The van der Waals surface area contributed by atoms with Gasteiger partial charge in [0.05, 0.1) is 19.1 Å². The predicted molar refractivity (Wildman–Crippen MR) is 104 cm³/mol. The molecule has 1 aromatic carbocycles. The van der Waals surface area contributed by atoms with E-state index in [-0.39, 0.29) is 18.5 Å². The summed E-state index contributed by atoms with van der Waals surface area (Å²) in [6.07, 6.45) is 3.70. The number of nitrogens with zero attached hydrogens (tertiary/aromatic N) is 4. The van der Waals surface area contributed by atoms with Gasteiger partial charge in [0.2, 0.25) is 11.9 Å². The van der Waals surface area contributed by atoms with E-state index in [1.807, 2.05) is 38.4 Å². The molecule has 1 amide bonds. The first-order valence-electron chi connectivity index (χ1n) is 8.95. The van der Waals surface area contributed by atoms with Crippen molar-refractivity contribution in [3.05, 3.63) is 40.7 Å². The van der Waals surface area contributed by atoms with Crippen LogP contribution in [0.15, 0.2) is 24.3 Å². The molecular formula is C19H24ClN5O2. The number of hydrogen-bond acceptors (Lipinski definition) is 6. The molecule has 7 nitrogen and oxygen atoms in total. The Bertz CT molecular complexity index is 804. The largest absolute Gasteiger partial charge is 0.467 e. The zero-order valence-electron chi connectivity index (χ0n) is 15.8. The van der Waals surface area contributed by atoms with E-state index in [4.69, 9.17) is 16.3 Å². The zero-order chi connectivity index (χ0) is 19.4. The monoisotopic (exact) mass is 389 g/mol. The van der Waals surface area contributed by atoms with E-state index < -0.39 is 5.41 Å². The first-order valence-corrected chi connectivity index (χ1v) is 9.33. The summed E-state index contributed by atoms with van der Waals surface area (Å²) >= 11 is 6.01. The number of rotatable bonds is 6. The molecule has 3 rings (SSSR count). The molecule has 1 saturated carbocycles. The summed E-state index contributed by atoms with van der Waals surface area (Å²) in [4.78, 5) is 27.7. The SMILES string of the molecule is COc1nc(CNC(=O)C2(c3ccc(Cl)cc3)CCCC2)nc(N(C)C)n1. The molecule has 27 heavy (non-hydrogen) atoms. The van der Waals surface area contributed by atoms with Gasteiger partial charge in [0, 0.05) is 19.1 Å². The van der Waals surface area contributed by atoms with Crippen LogP contribution in [0, 0.1) is 0 Å². The van der Waals surface area contributed by atoms with Crippen molar-refractivity contribution in [2.24, 2.45) is 0 Å². The summed E-state index contributed by atoms with van der Waals surface area (Å²) in [6.45, 7) is 0.216. The van der Waals surface area contributed by atoms with E-state index in [0.29, 0.717) is 16.8 Å². The minimum absolute atomic E-state index is 0.00638. The van der Waals surface area contributed by atoms with Crippen LogP contribution >= 0.6 is 11.6 Å². The van der Waals surface area contributed by atoms with Crippen molar-refractivity contribution in [1.29, 1.82) is 0 Å². The predicted octanol–water partition coefficient (Wildman–Crippen LogP) is 2.73. The second kappa shape index (κ2) is 8.08. The number of carbonyl (C=O) groups excluding carboxylic acids is 1. The van der Waals surface area contributed by atoms with Crippen LogP contribution in [-0.2, 0) is 16.8 Å². The highest BCUT2D eigenvalue weighted by Crippen LogP contribution is 2.41. The first kappa shape index (κ1) is 19.4. The Morgan fingerprint density at radius 1 is 1.19 bits per heavy atom. The fourth-order valence-electron chi connectivity index (χ4n) is 3.48. The summed E-state index contributed by atoms with van der Waals surface area (Å²) in [5, 5.41) is 3.68. The van der Waals surface area contributed by atoms with Crippen LogP contribution in [0.5, 0.6) is 6.01 Å². The van der Waals surface area contributed by atoms with Gasteiger partial charge in [-0.3, -0.25) is 4.79 Å². The summed E-state index contributed by atoms with van der Waals surface area (Å²) < 4.78 is 5.14. The Kier molecular flexibility index (Phi) is 5.79. The van der Waals surface area contributed by atoms with E-state index >= 15 is 0 Å². The molecule has 0 saturated heterocycles. The van der Waals surface area contributed by atoms with E-state index in [1.54, 1.807) is 4.90 Å². The number of anilines is 1. The molecule has 1 aromatic heterocycles. The van der Waals surface area contributed by atoms with Crippen molar-refractivity contribution in [1.82, 2.24) is 20.3 Å². The van der Waals surface area contributed by atoms with E-state index in [9.17, 15) is 4.79 Å². The van der Waals surface area contributed by atoms with Gasteiger partial charge in [-0.25, -0.2) is 0 Å². The quantitative estimate of drug-likeness (QED) is 0.818. The second-order valence-electron chi connectivity index (χ2n) is 6.91. The van der Waals surface area contributed by atoms with Crippen molar-refractivity contribution in [3.63, 3.8) is 0 Å². The van der Waals surface area contributed by atoms with Gasteiger partial charge in [-0.1, -0.05) is 36.6 Å². The van der Waals surface area contributed by atoms with Gasteiger partial charge in [0.15, 0.2) is 5.82 Å². The maximum absolute atomic E-state index is 13.1. The molecule has 0 atom stereocenters. The fourth-order valence-corrected chi connectivity index (χ4v) is 3.61. The van der Waals surface area contributed by atoms with Crippen molar-refractivity contribution in [2.75, 3.05) is 26.1 Å². The Balaban J connectivity index is 1.79. The van der Waals surface area contributed by atoms with Crippen LogP contribution < -0.4 is 15.0 Å². The normalized spacial score (nSPS) is 15.4. The van der Waals surface area contributed by atoms with Crippen molar-refractivity contribution in [2.45, 2.75) is 37.6 Å². The third-order valence-electron chi connectivity index (χ3n) is 4.93. The third kappa shape index (κ3) is 4.13. The molecule has 8 heteroatoms. The lowest BCUT2D eigenvalue weighted by molar-refractivity contribution is -0.126. The highest BCUT2D eigenvalue weighted by molar-refractivity contribution is 6.30. The molecule has 0 radical (unpaired) electrons. The lowest BCUT2D eigenvalue weighted by atomic mass is 9.78. The maximum atomic E-state index is 13.1. The summed E-state index contributed by atoms with van der Waals surface area (Å²) in [7, 11) is 5.18. The summed E-state index contributed by atoms with van der Waals surface area (Å²) in [5.41, 5.74) is 0.482. The Labute approximate surface area is 164 Å². The molecule has 0 spiro atoms. The number of halogens is 1. The number of carbonyl (C=O) groups is 1. The second-order valence-corrected chi connectivity index (χ2v) is 7.35. The standard InChI is InChI=1S/C19H24ClN5O2/c1-25(2)17-22-15(23-18(24-17)27-3)12-21-16(26)19(10-4-5-11-19)13-6-8-14(20)9-7-13/h6-9H,4-5,10-12H2,1-3H3,(H,21,26). The van der Waals surface area contributed by atoms with Crippen LogP contribution in [0.3, 0.4) is 0 Å². The average molecular weight is 390 g/mol. The Morgan fingerprint density at radius 2 is 1.85 bits per heavy atom. The minimum Gasteiger partial charge on any atom is -0.467 e. The average Bonchev–Trinajstić information content (AvgIpc) is 3.17. The van der Waals surface area contributed by atoms with Gasteiger partial charge in [0.1, 0.15) is 0 Å². The van der Waals surface area contributed by atoms with E-state index in [0.717, 1.165) is 31.2 Å². The molecule has 1 heterocycles. The molecule has 144 valence electrons. The lowest BCUT2D eigenvalue weighted by Crippen LogP contribution is -2.42. The van der Waals surface area contributed by atoms with Gasteiger partial charge in [0.25, 0.3) is 0 Å². The van der Waals surface area contributed by atoms with Crippen molar-refractivity contribution in [3.8, 4) is 6.01 Å². The molecule has 1 aliphatic carbocycles. The van der Waals surface area contributed by atoms with Crippen molar-refractivity contribution >= 4 is 23.5 Å². The molecule has 0 unspecified atom stereocenters. The minimum atomic E-state index is -0.522. The number of aromatic nitrogens is 3. The Hall–Kier alpha value is -2.41. The fraction of sp³-hybridized carbons (Fsp3) is 0.474. The molecule has 1 fully saturated rings. The van der Waals surface area contributed by atoms with Gasteiger partial charge in [-0.2, -0.15) is 15.0 Å². The zero-order valence-corrected chi connectivity index (χ0v) is 16.6. The number of nitrogens with one attached hydrogen (secondary N) is 1. The lowest BCUT2D eigenvalue weighted by Gasteiger charge is -2.28. The van der Waals surface area contributed by atoms with Crippen LogP contribution in [-0.4, -0.2) is 42.1 Å². The Morgan fingerprint density at radius 3 is 2.44 bits per heavy atom. The molecule has 2 aromatic rings. The molecule has 1 N–H and O–H groups in total. The van der Waals surface area contributed by atoms with Gasteiger partial charge in [-0.15, -0.1) is 0 Å². The maximum Gasteiger partial charge on any atom is 0.321 e. The molecule has 1 aliphatic rings. The molecular weight excluding hydrogens is 366 g/mol. The molecule has 0 aliphatic heterocycles. The molecule has 0 bridgehead atoms. The van der Waals surface area contributed by atoms with E-state index in [2.05, 4.69) is 20.3 Å². The van der Waals surface area contributed by atoms with Crippen LogP contribution in [0.4, 0.5) is 5.95 Å². The number of amides is 1. The highest BCUT2D eigenvalue weighted by Gasteiger charge is 2.42. The summed E-state index contributed by atoms with van der Waals surface area (Å²) in [5.74, 6) is 0.940.